The molecule has 30 heavy (non-hydrogen) atoms. The topological polar surface area (TPSA) is 84.0 Å². The van der Waals surface area contributed by atoms with Crippen molar-refractivity contribution >= 4 is 46.7 Å². The molecule has 0 bridgehead atoms. The summed E-state index contributed by atoms with van der Waals surface area (Å²) in [5.41, 5.74) is 1.91. The van der Waals surface area contributed by atoms with Crippen LogP contribution in [0.3, 0.4) is 0 Å². The van der Waals surface area contributed by atoms with E-state index in [1.807, 2.05) is 13.0 Å². The van der Waals surface area contributed by atoms with E-state index in [1.165, 1.54) is 11.0 Å². The van der Waals surface area contributed by atoms with Gasteiger partial charge in [-0.1, -0.05) is 23.7 Å². The molecule has 0 saturated carbocycles. The van der Waals surface area contributed by atoms with Crippen LogP contribution in [0.25, 0.3) is 0 Å². The van der Waals surface area contributed by atoms with Crippen molar-refractivity contribution in [2.24, 2.45) is 5.92 Å². The maximum absolute atomic E-state index is 12.6. The Labute approximate surface area is 178 Å². The molecule has 2 aliphatic heterocycles. The zero-order valence-electron chi connectivity index (χ0n) is 16.3. The van der Waals surface area contributed by atoms with Crippen molar-refractivity contribution in [2.75, 3.05) is 16.3 Å². The normalized spacial score (nSPS) is 19.0. The van der Waals surface area contributed by atoms with E-state index < -0.39 is 11.9 Å². The van der Waals surface area contributed by atoms with E-state index in [0.717, 1.165) is 10.5 Å². The summed E-state index contributed by atoms with van der Waals surface area (Å²) in [4.78, 5) is 51.5. The van der Waals surface area contributed by atoms with Crippen molar-refractivity contribution < 1.29 is 23.9 Å². The predicted octanol–water partition coefficient (Wildman–Crippen LogP) is 3.26. The van der Waals surface area contributed by atoms with Crippen LogP contribution in [0, 0.1) is 12.8 Å². The second kappa shape index (κ2) is 7.91. The first-order chi connectivity index (χ1) is 14.3. The smallest absolute Gasteiger partial charge is 0.316 e. The first-order valence-corrected chi connectivity index (χ1v) is 9.95. The standard InChI is InChI=1S/C22H19ClN2O5/c1-13-5-6-15(11-18(13)23)24-12-14(9-21(24)28)22(29)30-17-4-2-3-16(10-17)25-19(26)7-8-20(25)27/h2-6,10-11,14H,7-9,12H2,1H3/t14-/m0/s1. The quantitative estimate of drug-likeness (QED) is 0.425. The number of carbonyl (C=O) groups excluding carboxylic acids is 4. The molecule has 2 aromatic rings. The van der Waals surface area contributed by atoms with Gasteiger partial charge in [-0.05, 0) is 36.8 Å². The summed E-state index contributed by atoms with van der Waals surface area (Å²) in [6.45, 7) is 2.06. The molecule has 2 saturated heterocycles. The first-order valence-electron chi connectivity index (χ1n) is 9.57. The number of benzene rings is 2. The van der Waals surface area contributed by atoms with Crippen molar-refractivity contribution in [1.82, 2.24) is 0 Å². The second-order valence-corrected chi connectivity index (χ2v) is 7.79. The van der Waals surface area contributed by atoms with Gasteiger partial charge in [-0.25, -0.2) is 0 Å². The van der Waals surface area contributed by atoms with Gasteiger partial charge >= 0.3 is 5.97 Å². The summed E-state index contributed by atoms with van der Waals surface area (Å²) < 4.78 is 5.45. The molecule has 154 valence electrons. The number of aryl methyl sites for hydroxylation is 1. The lowest BCUT2D eigenvalue weighted by atomic mass is 10.1. The molecule has 0 radical (unpaired) electrons. The number of rotatable bonds is 4. The summed E-state index contributed by atoms with van der Waals surface area (Å²) in [6.07, 6.45) is 0.380. The molecular formula is C22H19ClN2O5. The van der Waals surface area contributed by atoms with Crippen LogP contribution < -0.4 is 14.5 Å². The summed E-state index contributed by atoms with van der Waals surface area (Å²) in [7, 11) is 0. The van der Waals surface area contributed by atoms with Crippen LogP contribution in [0.1, 0.15) is 24.8 Å². The largest absolute Gasteiger partial charge is 0.426 e. The monoisotopic (exact) mass is 426 g/mol. The van der Waals surface area contributed by atoms with Crippen molar-refractivity contribution in [1.29, 1.82) is 0 Å². The van der Waals surface area contributed by atoms with Gasteiger partial charge in [-0.15, -0.1) is 0 Å². The average molecular weight is 427 g/mol. The maximum atomic E-state index is 12.6. The van der Waals surface area contributed by atoms with Gasteiger partial charge in [0.2, 0.25) is 17.7 Å². The minimum Gasteiger partial charge on any atom is -0.426 e. The van der Waals surface area contributed by atoms with Crippen LogP contribution in [-0.4, -0.2) is 30.2 Å². The number of halogens is 1. The highest BCUT2D eigenvalue weighted by atomic mass is 35.5. The fraction of sp³-hybridized carbons (Fsp3) is 0.273. The summed E-state index contributed by atoms with van der Waals surface area (Å²) in [5.74, 6) is -1.70. The Kier molecular flexibility index (Phi) is 5.30. The fourth-order valence-corrected chi connectivity index (χ4v) is 3.79. The summed E-state index contributed by atoms with van der Waals surface area (Å²) in [5, 5.41) is 0.550. The lowest BCUT2D eigenvalue weighted by Crippen LogP contribution is -2.29. The Morgan fingerprint density at radius 3 is 2.43 bits per heavy atom. The molecule has 2 aromatic carbocycles. The Morgan fingerprint density at radius 1 is 1.00 bits per heavy atom. The summed E-state index contributed by atoms with van der Waals surface area (Å²) >= 11 is 6.15. The number of nitrogens with zero attached hydrogens (tertiary/aromatic N) is 2. The molecule has 0 spiro atoms. The third kappa shape index (κ3) is 3.80. The van der Waals surface area contributed by atoms with Crippen molar-refractivity contribution in [3.8, 4) is 5.75 Å². The molecule has 0 unspecified atom stereocenters. The molecule has 2 aliphatic rings. The zero-order valence-corrected chi connectivity index (χ0v) is 17.0. The zero-order chi connectivity index (χ0) is 21.4. The highest BCUT2D eigenvalue weighted by Crippen LogP contribution is 2.31. The number of hydrogen-bond donors (Lipinski definition) is 0. The van der Waals surface area contributed by atoms with E-state index in [-0.39, 0.29) is 49.3 Å². The predicted molar refractivity (Wildman–Crippen MR) is 110 cm³/mol. The van der Waals surface area contributed by atoms with Gasteiger partial charge in [0.15, 0.2) is 0 Å². The summed E-state index contributed by atoms with van der Waals surface area (Å²) in [6, 6.07) is 11.6. The van der Waals surface area contributed by atoms with Gasteiger partial charge < -0.3 is 9.64 Å². The Morgan fingerprint density at radius 2 is 1.73 bits per heavy atom. The lowest BCUT2D eigenvalue weighted by Gasteiger charge is -2.18. The Balaban J connectivity index is 1.46. The van der Waals surface area contributed by atoms with Gasteiger partial charge in [0.1, 0.15) is 5.75 Å². The Bertz CT molecular complexity index is 1050. The molecule has 0 N–H and O–H groups in total. The number of carbonyl (C=O) groups is 4. The van der Waals surface area contributed by atoms with Gasteiger partial charge in [0.25, 0.3) is 0 Å². The SMILES string of the molecule is Cc1ccc(N2C[C@@H](C(=O)Oc3cccc(N4C(=O)CCC4=O)c3)CC2=O)cc1Cl. The van der Waals surface area contributed by atoms with Gasteiger partial charge in [-0.2, -0.15) is 0 Å². The van der Waals surface area contributed by atoms with Crippen LogP contribution in [0.15, 0.2) is 42.5 Å². The molecule has 0 aromatic heterocycles. The number of amides is 3. The molecule has 1 atom stereocenters. The maximum Gasteiger partial charge on any atom is 0.316 e. The van der Waals surface area contributed by atoms with E-state index in [2.05, 4.69) is 0 Å². The molecule has 2 heterocycles. The van der Waals surface area contributed by atoms with Crippen LogP contribution >= 0.6 is 11.6 Å². The molecule has 8 heteroatoms. The number of anilines is 2. The Hall–Kier alpha value is -3.19. The molecular weight excluding hydrogens is 408 g/mol. The number of esters is 1. The third-order valence-corrected chi connectivity index (χ3v) is 5.68. The minimum atomic E-state index is -0.628. The minimum absolute atomic E-state index is 0.0348. The molecule has 7 nitrogen and oxygen atoms in total. The van der Waals surface area contributed by atoms with Crippen LogP contribution in [0.2, 0.25) is 5.02 Å². The van der Waals surface area contributed by atoms with Crippen molar-refractivity contribution in [3.63, 3.8) is 0 Å². The van der Waals surface area contributed by atoms with E-state index >= 15 is 0 Å². The van der Waals surface area contributed by atoms with Crippen LogP contribution in [-0.2, 0) is 19.2 Å². The van der Waals surface area contributed by atoms with Gasteiger partial charge in [0, 0.05) is 42.6 Å². The lowest BCUT2D eigenvalue weighted by molar-refractivity contribution is -0.139. The molecule has 0 aliphatic carbocycles. The number of hydrogen-bond acceptors (Lipinski definition) is 5. The fourth-order valence-electron chi connectivity index (χ4n) is 3.61. The van der Waals surface area contributed by atoms with Crippen LogP contribution in [0.4, 0.5) is 11.4 Å². The average Bonchev–Trinajstić information content (AvgIpc) is 3.26. The van der Waals surface area contributed by atoms with Gasteiger partial charge in [0.05, 0.1) is 11.6 Å². The highest BCUT2D eigenvalue weighted by Gasteiger charge is 2.37. The van der Waals surface area contributed by atoms with E-state index in [1.54, 1.807) is 30.3 Å². The number of imide groups is 1. The number of ether oxygens (including phenoxy) is 1. The second-order valence-electron chi connectivity index (χ2n) is 7.38. The van der Waals surface area contributed by atoms with Crippen molar-refractivity contribution in [2.45, 2.75) is 26.2 Å². The van der Waals surface area contributed by atoms with E-state index in [0.29, 0.717) is 16.4 Å². The van der Waals surface area contributed by atoms with Crippen molar-refractivity contribution in [3.05, 3.63) is 53.1 Å². The first kappa shape index (κ1) is 20.1. The molecule has 3 amide bonds. The molecule has 4 rings (SSSR count). The molecule has 2 fully saturated rings. The highest BCUT2D eigenvalue weighted by molar-refractivity contribution is 6.31. The third-order valence-electron chi connectivity index (χ3n) is 5.27. The van der Waals surface area contributed by atoms with Crippen LogP contribution in [0.5, 0.6) is 5.75 Å². The van der Waals surface area contributed by atoms with E-state index in [4.69, 9.17) is 16.3 Å². The van der Waals surface area contributed by atoms with E-state index in [9.17, 15) is 19.2 Å². The van der Waals surface area contributed by atoms with Gasteiger partial charge in [-0.3, -0.25) is 24.1 Å².